The molecule has 0 radical (unpaired) electrons. The van der Waals surface area contributed by atoms with Crippen molar-refractivity contribution < 1.29 is 13.9 Å². The van der Waals surface area contributed by atoms with Crippen molar-refractivity contribution in [3.63, 3.8) is 0 Å². The second-order valence-corrected chi connectivity index (χ2v) is 6.51. The number of ether oxygens (including phenoxy) is 1. The maximum absolute atomic E-state index is 13.4. The van der Waals surface area contributed by atoms with Crippen LogP contribution in [0.1, 0.15) is 15.2 Å². The summed E-state index contributed by atoms with van der Waals surface area (Å²) >= 11 is 7.32. The Balaban J connectivity index is 2.02. The van der Waals surface area contributed by atoms with Crippen molar-refractivity contribution in [2.24, 2.45) is 0 Å². The van der Waals surface area contributed by atoms with Gasteiger partial charge in [0.05, 0.1) is 7.11 Å². The number of hydrogen-bond donors (Lipinski definition) is 1. The first-order valence-electron chi connectivity index (χ1n) is 6.83. The Morgan fingerprint density at radius 1 is 1.26 bits per heavy atom. The van der Waals surface area contributed by atoms with Crippen LogP contribution >= 0.6 is 22.9 Å². The fraction of sp³-hybridized carbons (Fsp3) is 0.118. The molecule has 1 N–H and O–H groups in total. The fourth-order valence-electron chi connectivity index (χ4n) is 2.31. The summed E-state index contributed by atoms with van der Waals surface area (Å²) in [7, 11) is 1.51. The molecule has 0 unspecified atom stereocenters. The van der Waals surface area contributed by atoms with Crippen LogP contribution in [-0.4, -0.2) is 13.0 Å². The van der Waals surface area contributed by atoms with Crippen LogP contribution in [0.3, 0.4) is 0 Å². The summed E-state index contributed by atoms with van der Waals surface area (Å²) in [4.78, 5) is 13.0. The highest BCUT2D eigenvalue weighted by atomic mass is 35.5. The molecule has 3 rings (SSSR count). The first kappa shape index (κ1) is 15.8. The zero-order valence-corrected chi connectivity index (χ0v) is 14.0. The minimum absolute atomic E-state index is 0.340. The van der Waals surface area contributed by atoms with Crippen molar-refractivity contribution >= 4 is 44.6 Å². The van der Waals surface area contributed by atoms with Crippen molar-refractivity contribution in [2.45, 2.75) is 6.92 Å². The number of benzene rings is 2. The van der Waals surface area contributed by atoms with Gasteiger partial charge >= 0.3 is 0 Å². The van der Waals surface area contributed by atoms with Crippen LogP contribution in [0.25, 0.3) is 10.1 Å². The number of rotatable bonds is 3. The van der Waals surface area contributed by atoms with E-state index in [4.69, 9.17) is 16.3 Å². The third-order valence-electron chi connectivity index (χ3n) is 3.46. The van der Waals surface area contributed by atoms with E-state index in [1.54, 1.807) is 25.1 Å². The summed E-state index contributed by atoms with van der Waals surface area (Å²) in [6.45, 7) is 1.80. The third-order valence-corrected chi connectivity index (χ3v) is 4.85. The molecule has 1 aromatic heterocycles. The van der Waals surface area contributed by atoms with Crippen LogP contribution in [0.5, 0.6) is 5.75 Å². The van der Waals surface area contributed by atoms with Gasteiger partial charge in [0.15, 0.2) is 0 Å². The minimum Gasteiger partial charge on any atom is -0.494 e. The molecule has 0 aliphatic rings. The number of fused-ring (bicyclic) bond motifs is 1. The average molecular weight is 350 g/mol. The number of thiophene rings is 1. The Morgan fingerprint density at radius 3 is 2.78 bits per heavy atom. The summed E-state index contributed by atoms with van der Waals surface area (Å²) in [5.74, 6) is -0.270. The molecule has 0 fully saturated rings. The zero-order chi connectivity index (χ0) is 16.6. The number of halogens is 2. The van der Waals surface area contributed by atoms with E-state index in [0.717, 1.165) is 15.6 Å². The van der Waals surface area contributed by atoms with Crippen molar-refractivity contribution in [1.29, 1.82) is 0 Å². The molecule has 0 atom stereocenters. The van der Waals surface area contributed by atoms with E-state index in [0.29, 0.717) is 21.3 Å². The van der Waals surface area contributed by atoms with Gasteiger partial charge in [-0.1, -0.05) is 17.7 Å². The van der Waals surface area contributed by atoms with Crippen LogP contribution in [0, 0.1) is 12.7 Å². The SMILES string of the molecule is COc1c(C(=O)Nc2cc(F)ccc2C)sc2ccc(Cl)cc12. The lowest BCUT2D eigenvalue weighted by Gasteiger charge is -2.08. The molecule has 1 amide bonds. The Labute approximate surface area is 141 Å². The highest BCUT2D eigenvalue weighted by Crippen LogP contribution is 2.39. The molecule has 0 spiro atoms. The first-order valence-corrected chi connectivity index (χ1v) is 8.02. The molecule has 118 valence electrons. The van der Waals surface area contributed by atoms with Crippen molar-refractivity contribution in [1.82, 2.24) is 0 Å². The van der Waals surface area contributed by atoms with E-state index in [-0.39, 0.29) is 5.91 Å². The molecule has 3 aromatic rings. The van der Waals surface area contributed by atoms with Gasteiger partial charge < -0.3 is 10.1 Å². The minimum atomic E-state index is -0.402. The van der Waals surface area contributed by atoms with Gasteiger partial charge in [0.1, 0.15) is 16.4 Å². The largest absolute Gasteiger partial charge is 0.494 e. The molecule has 0 bridgehead atoms. The van der Waals surface area contributed by atoms with Crippen LogP contribution < -0.4 is 10.1 Å². The number of carbonyl (C=O) groups excluding carboxylic acids is 1. The normalized spacial score (nSPS) is 10.8. The lowest BCUT2D eigenvalue weighted by atomic mass is 10.2. The Hall–Kier alpha value is -2.11. The van der Waals surface area contributed by atoms with E-state index in [9.17, 15) is 9.18 Å². The smallest absolute Gasteiger partial charge is 0.269 e. The maximum atomic E-state index is 13.4. The quantitative estimate of drug-likeness (QED) is 0.700. The number of hydrogen-bond acceptors (Lipinski definition) is 3. The number of carbonyl (C=O) groups is 1. The van der Waals surface area contributed by atoms with E-state index in [1.807, 2.05) is 6.07 Å². The van der Waals surface area contributed by atoms with Gasteiger partial charge in [0.25, 0.3) is 5.91 Å². The molecule has 2 aromatic carbocycles. The maximum Gasteiger partial charge on any atom is 0.269 e. The Bertz CT molecular complexity index is 907. The Morgan fingerprint density at radius 2 is 2.04 bits per heavy atom. The van der Waals surface area contributed by atoms with Crippen LogP contribution in [0.2, 0.25) is 5.02 Å². The molecular formula is C17H13ClFNO2S. The van der Waals surface area contributed by atoms with Crippen molar-refractivity contribution in [2.75, 3.05) is 12.4 Å². The number of nitrogens with one attached hydrogen (secondary N) is 1. The van der Waals surface area contributed by atoms with Gasteiger partial charge in [-0.05, 0) is 42.8 Å². The molecule has 6 heteroatoms. The van der Waals surface area contributed by atoms with Crippen LogP contribution in [0.15, 0.2) is 36.4 Å². The summed E-state index contributed by atoms with van der Waals surface area (Å²) in [6, 6.07) is 9.63. The third kappa shape index (κ3) is 3.02. The van der Waals surface area contributed by atoms with E-state index in [2.05, 4.69) is 5.32 Å². The topological polar surface area (TPSA) is 38.3 Å². The second-order valence-electron chi connectivity index (χ2n) is 5.02. The standard InChI is InChI=1S/C17H13ClFNO2S/c1-9-3-5-11(19)8-13(9)20-17(21)16-15(22-2)12-7-10(18)4-6-14(12)23-16/h3-8H,1-2H3,(H,20,21). The molecule has 0 saturated heterocycles. The molecule has 0 aliphatic carbocycles. The highest BCUT2D eigenvalue weighted by Gasteiger charge is 2.20. The van der Waals surface area contributed by atoms with Crippen molar-refractivity contribution in [3.05, 3.63) is 57.7 Å². The van der Waals surface area contributed by atoms with Gasteiger partial charge in [0, 0.05) is 20.8 Å². The molecule has 0 aliphatic heterocycles. The lowest BCUT2D eigenvalue weighted by molar-refractivity contribution is 0.102. The van der Waals surface area contributed by atoms with Gasteiger partial charge in [-0.3, -0.25) is 4.79 Å². The monoisotopic (exact) mass is 349 g/mol. The highest BCUT2D eigenvalue weighted by molar-refractivity contribution is 7.21. The van der Waals surface area contributed by atoms with Crippen LogP contribution in [0.4, 0.5) is 10.1 Å². The number of aryl methyl sites for hydroxylation is 1. The van der Waals surface area contributed by atoms with E-state index in [1.165, 1.54) is 30.6 Å². The van der Waals surface area contributed by atoms with E-state index >= 15 is 0 Å². The Kier molecular flexibility index (Phi) is 4.24. The first-order chi connectivity index (χ1) is 11.0. The molecule has 23 heavy (non-hydrogen) atoms. The summed E-state index contributed by atoms with van der Waals surface area (Å²) in [5, 5.41) is 4.09. The predicted molar refractivity (Wildman–Crippen MR) is 92.5 cm³/mol. The van der Waals surface area contributed by atoms with Gasteiger partial charge in [-0.15, -0.1) is 11.3 Å². The number of methoxy groups -OCH3 is 1. The fourth-order valence-corrected chi connectivity index (χ4v) is 3.53. The van der Waals surface area contributed by atoms with Crippen LogP contribution in [-0.2, 0) is 0 Å². The molecule has 0 saturated carbocycles. The zero-order valence-electron chi connectivity index (χ0n) is 12.4. The molecular weight excluding hydrogens is 337 g/mol. The average Bonchev–Trinajstić information content (AvgIpc) is 2.88. The summed E-state index contributed by atoms with van der Waals surface area (Å²) < 4.78 is 19.6. The van der Waals surface area contributed by atoms with E-state index < -0.39 is 5.82 Å². The predicted octanol–water partition coefficient (Wildman–Crippen LogP) is 5.26. The second kappa shape index (κ2) is 6.18. The van der Waals surface area contributed by atoms with Gasteiger partial charge in [-0.2, -0.15) is 0 Å². The molecule has 1 heterocycles. The lowest BCUT2D eigenvalue weighted by Crippen LogP contribution is -2.12. The summed E-state index contributed by atoms with van der Waals surface area (Å²) in [5.41, 5.74) is 1.22. The summed E-state index contributed by atoms with van der Waals surface area (Å²) in [6.07, 6.45) is 0. The van der Waals surface area contributed by atoms with Crippen molar-refractivity contribution in [3.8, 4) is 5.75 Å². The van der Waals surface area contributed by atoms with Gasteiger partial charge in [-0.25, -0.2) is 4.39 Å². The number of amides is 1. The van der Waals surface area contributed by atoms with Gasteiger partial charge in [0.2, 0.25) is 0 Å². The molecule has 3 nitrogen and oxygen atoms in total. The number of anilines is 1.